The van der Waals surface area contributed by atoms with E-state index in [-0.39, 0.29) is 11.7 Å². The fourth-order valence-electron chi connectivity index (χ4n) is 2.39. The zero-order valence-electron chi connectivity index (χ0n) is 14.5. The van der Waals surface area contributed by atoms with Crippen LogP contribution in [-0.2, 0) is 10.3 Å². The standard InChI is InChI=1S/C17H18N6O3/c1-17(2,16(25)26)23-7-6-13(22-23)21-15(24)10-4-5-11-12(8-10)19-9-20-14(11)18-3/h4-9H,1-3H3,(H,25,26)(H,18,19,20)(H,21,22,24). The van der Waals surface area contributed by atoms with E-state index in [2.05, 4.69) is 25.7 Å². The summed E-state index contributed by atoms with van der Waals surface area (Å²) >= 11 is 0. The third kappa shape index (κ3) is 3.06. The molecule has 0 aliphatic rings. The Morgan fingerprint density at radius 1 is 1.19 bits per heavy atom. The van der Waals surface area contributed by atoms with Gasteiger partial charge < -0.3 is 15.7 Å². The Morgan fingerprint density at radius 2 is 1.96 bits per heavy atom. The van der Waals surface area contributed by atoms with Crippen LogP contribution in [0.5, 0.6) is 0 Å². The molecule has 0 saturated heterocycles. The fraction of sp³-hybridized carbons (Fsp3) is 0.235. The van der Waals surface area contributed by atoms with Crippen molar-refractivity contribution in [2.24, 2.45) is 0 Å². The topological polar surface area (TPSA) is 122 Å². The van der Waals surface area contributed by atoms with Gasteiger partial charge in [-0.2, -0.15) is 5.10 Å². The fourth-order valence-corrected chi connectivity index (χ4v) is 2.39. The molecule has 26 heavy (non-hydrogen) atoms. The predicted molar refractivity (Wildman–Crippen MR) is 96.2 cm³/mol. The lowest BCUT2D eigenvalue weighted by molar-refractivity contribution is -0.146. The van der Waals surface area contributed by atoms with E-state index in [4.69, 9.17) is 0 Å². The molecule has 2 heterocycles. The number of nitrogens with zero attached hydrogens (tertiary/aromatic N) is 4. The van der Waals surface area contributed by atoms with Gasteiger partial charge in [-0.05, 0) is 32.0 Å². The zero-order valence-corrected chi connectivity index (χ0v) is 14.5. The van der Waals surface area contributed by atoms with Gasteiger partial charge in [-0.15, -0.1) is 0 Å². The molecular weight excluding hydrogens is 336 g/mol. The predicted octanol–water partition coefficient (Wildman–Crippen LogP) is 1.94. The molecule has 9 nitrogen and oxygen atoms in total. The van der Waals surface area contributed by atoms with Crippen molar-refractivity contribution in [1.82, 2.24) is 19.7 Å². The summed E-state index contributed by atoms with van der Waals surface area (Å²) in [6.45, 7) is 3.05. The summed E-state index contributed by atoms with van der Waals surface area (Å²) in [5.41, 5.74) is -0.174. The van der Waals surface area contributed by atoms with Gasteiger partial charge in [-0.25, -0.2) is 14.8 Å². The number of hydrogen-bond donors (Lipinski definition) is 3. The van der Waals surface area contributed by atoms with Crippen LogP contribution in [-0.4, -0.2) is 43.8 Å². The van der Waals surface area contributed by atoms with E-state index in [1.54, 1.807) is 31.3 Å². The molecule has 1 amide bonds. The van der Waals surface area contributed by atoms with Gasteiger partial charge in [-0.1, -0.05) is 0 Å². The molecule has 0 spiro atoms. The summed E-state index contributed by atoms with van der Waals surface area (Å²) in [4.78, 5) is 32.1. The normalized spacial score (nSPS) is 11.3. The highest BCUT2D eigenvalue weighted by Gasteiger charge is 2.30. The van der Waals surface area contributed by atoms with E-state index in [9.17, 15) is 14.7 Å². The Hall–Kier alpha value is -3.49. The van der Waals surface area contributed by atoms with E-state index in [1.807, 2.05) is 0 Å². The smallest absolute Gasteiger partial charge is 0.331 e. The number of amides is 1. The van der Waals surface area contributed by atoms with Crippen LogP contribution >= 0.6 is 0 Å². The molecule has 134 valence electrons. The maximum absolute atomic E-state index is 12.5. The number of fused-ring (bicyclic) bond motifs is 1. The Morgan fingerprint density at radius 3 is 2.65 bits per heavy atom. The molecular formula is C17H18N6O3. The summed E-state index contributed by atoms with van der Waals surface area (Å²) in [6.07, 6.45) is 2.93. The first-order valence-electron chi connectivity index (χ1n) is 7.86. The van der Waals surface area contributed by atoms with Crippen molar-refractivity contribution in [2.45, 2.75) is 19.4 Å². The number of hydrogen-bond acceptors (Lipinski definition) is 6. The molecule has 0 radical (unpaired) electrons. The molecule has 0 saturated carbocycles. The van der Waals surface area contributed by atoms with Crippen molar-refractivity contribution in [1.29, 1.82) is 0 Å². The maximum atomic E-state index is 12.5. The van der Waals surface area contributed by atoms with E-state index >= 15 is 0 Å². The minimum atomic E-state index is -1.22. The van der Waals surface area contributed by atoms with Crippen LogP contribution in [0.15, 0.2) is 36.8 Å². The first kappa shape index (κ1) is 17.3. The molecule has 3 N–H and O–H groups in total. The molecule has 0 aliphatic heterocycles. The minimum Gasteiger partial charge on any atom is -0.479 e. The molecule has 0 atom stereocenters. The summed E-state index contributed by atoms with van der Waals surface area (Å²) in [6, 6.07) is 6.64. The summed E-state index contributed by atoms with van der Waals surface area (Å²) in [5, 5.41) is 19.8. The third-order valence-electron chi connectivity index (χ3n) is 4.06. The lowest BCUT2D eigenvalue weighted by atomic mass is 10.1. The molecule has 1 aromatic carbocycles. The van der Waals surface area contributed by atoms with E-state index in [0.717, 1.165) is 5.39 Å². The van der Waals surface area contributed by atoms with Gasteiger partial charge in [0.2, 0.25) is 0 Å². The Kier molecular flexibility index (Phi) is 4.29. The Bertz CT molecular complexity index is 995. The molecule has 9 heteroatoms. The number of carboxylic acid groups (broad SMARTS) is 1. The Labute approximate surface area is 149 Å². The number of anilines is 2. The molecule has 3 aromatic rings. The van der Waals surface area contributed by atoms with E-state index in [1.165, 1.54) is 31.1 Å². The van der Waals surface area contributed by atoms with Crippen molar-refractivity contribution in [2.75, 3.05) is 17.7 Å². The average Bonchev–Trinajstić information content (AvgIpc) is 3.09. The Balaban J connectivity index is 1.84. The lowest BCUT2D eigenvalue weighted by Crippen LogP contribution is -2.36. The highest BCUT2D eigenvalue weighted by molar-refractivity contribution is 6.06. The number of rotatable bonds is 5. The second kappa shape index (κ2) is 6.43. The number of aromatic nitrogens is 4. The van der Waals surface area contributed by atoms with Gasteiger partial charge in [0.25, 0.3) is 5.91 Å². The van der Waals surface area contributed by atoms with Gasteiger partial charge in [0, 0.05) is 30.3 Å². The molecule has 0 aliphatic carbocycles. The van der Waals surface area contributed by atoms with Crippen molar-refractivity contribution < 1.29 is 14.7 Å². The largest absolute Gasteiger partial charge is 0.479 e. The highest BCUT2D eigenvalue weighted by atomic mass is 16.4. The van der Waals surface area contributed by atoms with Gasteiger partial charge in [0.1, 0.15) is 12.1 Å². The van der Waals surface area contributed by atoms with Crippen molar-refractivity contribution in [3.8, 4) is 0 Å². The van der Waals surface area contributed by atoms with Crippen molar-refractivity contribution in [3.05, 3.63) is 42.4 Å². The van der Waals surface area contributed by atoms with Gasteiger partial charge >= 0.3 is 5.97 Å². The third-order valence-corrected chi connectivity index (χ3v) is 4.06. The monoisotopic (exact) mass is 354 g/mol. The van der Waals surface area contributed by atoms with Crippen LogP contribution in [0.3, 0.4) is 0 Å². The van der Waals surface area contributed by atoms with Crippen LogP contribution in [0.2, 0.25) is 0 Å². The number of aliphatic carboxylic acids is 1. The van der Waals surface area contributed by atoms with Crippen LogP contribution in [0.1, 0.15) is 24.2 Å². The van der Waals surface area contributed by atoms with Crippen LogP contribution in [0, 0.1) is 0 Å². The molecule has 0 fully saturated rings. The van der Waals surface area contributed by atoms with Crippen molar-refractivity contribution in [3.63, 3.8) is 0 Å². The molecule has 3 rings (SSSR count). The summed E-state index contributed by atoms with van der Waals surface area (Å²) in [5.74, 6) is -0.442. The first-order valence-corrected chi connectivity index (χ1v) is 7.86. The van der Waals surface area contributed by atoms with Gasteiger partial charge in [-0.3, -0.25) is 9.48 Å². The second-order valence-electron chi connectivity index (χ2n) is 6.17. The molecule has 0 bridgehead atoms. The molecule has 0 unspecified atom stereocenters. The van der Waals surface area contributed by atoms with Crippen molar-refractivity contribution >= 4 is 34.4 Å². The number of carbonyl (C=O) groups excluding carboxylic acids is 1. The quantitative estimate of drug-likeness (QED) is 0.640. The SMILES string of the molecule is CNc1ncnc2cc(C(=O)Nc3ccn(C(C)(C)C(=O)O)n3)ccc12. The maximum Gasteiger partial charge on any atom is 0.331 e. The average molecular weight is 354 g/mol. The summed E-state index contributed by atoms with van der Waals surface area (Å²) in [7, 11) is 1.76. The zero-order chi connectivity index (χ0) is 18.9. The number of carboxylic acids is 1. The number of carbonyl (C=O) groups is 2. The first-order chi connectivity index (χ1) is 12.3. The van der Waals surface area contributed by atoms with Gasteiger partial charge in [0.15, 0.2) is 11.4 Å². The number of nitrogens with one attached hydrogen (secondary N) is 2. The van der Waals surface area contributed by atoms with Crippen LogP contribution < -0.4 is 10.6 Å². The molecule has 2 aromatic heterocycles. The summed E-state index contributed by atoms with van der Waals surface area (Å²) < 4.78 is 1.29. The lowest BCUT2D eigenvalue weighted by Gasteiger charge is -2.19. The van der Waals surface area contributed by atoms with E-state index < -0.39 is 11.5 Å². The van der Waals surface area contributed by atoms with Crippen LogP contribution in [0.4, 0.5) is 11.6 Å². The van der Waals surface area contributed by atoms with E-state index in [0.29, 0.717) is 16.9 Å². The van der Waals surface area contributed by atoms with Crippen LogP contribution in [0.25, 0.3) is 10.9 Å². The number of benzene rings is 1. The second-order valence-corrected chi connectivity index (χ2v) is 6.17. The highest BCUT2D eigenvalue weighted by Crippen LogP contribution is 2.21. The van der Waals surface area contributed by atoms with Gasteiger partial charge in [0.05, 0.1) is 5.52 Å². The minimum absolute atomic E-state index is 0.267.